The van der Waals surface area contributed by atoms with Crippen LogP contribution in [0.4, 0.5) is 5.82 Å². The lowest BCUT2D eigenvalue weighted by atomic mass is 10.3. The van der Waals surface area contributed by atoms with Crippen molar-refractivity contribution in [3.05, 3.63) is 40.8 Å². The van der Waals surface area contributed by atoms with Crippen LogP contribution in [-0.4, -0.2) is 25.5 Å². The van der Waals surface area contributed by atoms with Crippen LogP contribution in [-0.2, 0) is 10.0 Å². The average Bonchev–Trinajstić information content (AvgIpc) is 2.38. The van der Waals surface area contributed by atoms with E-state index in [4.69, 9.17) is 27.9 Å². The number of anilines is 1. The fourth-order valence-electron chi connectivity index (χ4n) is 1.40. The molecule has 6 nitrogen and oxygen atoms in total. The van der Waals surface area contributed by atoms with Gasteiger partial charge in [-0.2, -0.15) is 4.98 Å². The second-order valence-corrected chi connectivity index (χ2v) is 6.04. The van der Waals surface area contributed by atoms with Crippen LogP contribution in [0.3, 0.4) is 0 Å². The molecule has 0 aliphatic rings. The van der Waals surface area contributed by atoms with Crippen molar-refractivity contribution < 1.29 is 13.2 Å². The molecule has 0 unspecified atom stereocenters. The summed E-state index contributed by atoms with van der Waals surface area (Å²) in [6, 6.07) is 5.50. The zero-order chi connectivity index (χ0) is 14.8. The van der Waals surface area contributed by atoms with E-state index in [1.54, 1.807) is 0 Å². The summed E-state index contributed by atoms with van der Waals surface area (Å²) in [5.41, 5.74) is 0. The van der Waals surface area contributed by atoms with Gasteiger partial charge in [-0.3, -0.25) is 4.72 Å². The SMILES string of the molecule is COc1ccc(S(=O)(=O)Nc2ccnc(Cl)n2)cc1Cl. The van der Waals surface area contributed by atoms with E-state index in [-0.39, 0.29) is 21.0 Å². The number of rotatable bonds is 4. The first-order chi connectivity index (χ1) is 9.42. The van der Waals surface area contributed by atoms with Crippen LogP contribution >= 0.6 is 23.2 Å². The van der Waals surface area contributed by atoms with Gasteiger partial charge in [-0.25, -0.2) is 13.4 Å². The van der Waals surface area contributed by atoms with Crippen LogP contribution in [0.5, 0.6) is 5.75 Å². The van der Waals surface area contributed by atoms with Crippen molar-refractivity contribution in [1.29, 1.82) is 0 Å². The minimum absolute atomic E-state index is 0.0157. The molecule has 9 heteroatoms. The number of methoxy groups -OCH3 is 1. The van der Waals surface area contributed by atoms with E-state index in [9.17, 15) is 8.42 Å². The van der Waals surface area contributed by atoms with E-state index < -0.39 is 10.0 Å². The highest BCUT2D eigenvalue weighted by Gasteiger charge is 2.17. The minimum Gasteiger partial charge on any atom is -0.495 e. The molecule has 0 aliphatic carbocycles. The van der Waals surface area contributed by atoms with Crippen molar-refractivity contribution in [3.63, 3.8) is 0 Å². The lowest BCUT2D eigenvalue weighted by Crippen LogP contribution is -2.14. The van der Waals surface area contributed by atoms with E-state index in [1.165, 1.54) is 37.6 Å². The first-order valence-corrected chi connectivity index (χ1v) is 7.51. The van der Waals surface area contributed by atoms with Crippen LogP contribution < -0.4 is 9.46 Å². The van der Waals surface area contributed by atoms with Gasteiger partial charge >= 0.3 is 0 Å². The highest BCUT2D eigenvalue weighted by molar-refractivity contribution is 7.92. The molecule has 1 aromatic heterocycles. The molecule has 0 amide bonds. The Labute approximate surface area is 125 Å². The number of aromatic nitrogens is 2. The number of sulfonamides is 1. The van der Waals surface area contributed by atoms with Crippen molar-refractivity contribution >= 4 is 39.0 Å². The zero-order valence-corrected chi connectivity index (χ0v) is 12.5. The number of hydrogen-bond donors (Lipinski definition) is 1. The number of nitrogens with one attached hydrogen (secondary N) is 1. The van der Waals surface area contributed by atoms with Crippen LogP contribution in [0.2, 0.25) is 10.3 Å². The molecule has 0 aliphatic heterocycles. The summed E-state index contributed by atoms with van der Waals surface area (Å²) >= 11 is 11.5. The maximum Gasteiger partial charge on any atom is 0.263 e. The van der Waals surface area contributed by atoms with Crippen LogP contribution in [0.15, 0.2) is 35.4 Å². The highest BCUT2D eigenvalue weighted by Crippen LogP contribution is 2.27. The van der Waals surface area contributed by atoms with E-state index in [0.717, 1.165) is 0 Å². The van der Waals surface area contributed by atoms with Crippen LogP contribution in [0.1, 0.15) is 0 Å². The fourth-order valence-corrected chi connectivity index (χ4v) is 2.90. The van der Waals surface area contributed by atoms with Crippen molar-refractivity contribution in [2.24, 2.45) is 0 Å². The second-order valence-electron chi connectivity index (χ2n) is 3.61. The summed E-state index contributed by atoms with van der Waals surface area (Å²) in [6.45, 7) is 0. The van der Waals surface area contributed by atoms with E-state index in [1.807, 2.05) is 0 Å². The lowest BCUT2D eigenvalue weighted by molar-refractivity contribution is 0.414. The number of ether oxygens (including phenoxy) is 1. The molecule has 0 atom stereocenters. The van der Waals surface area contributed by atoms with Crippen LogP contribution in [0, 0.1) is 0 Å². The smallest absolute Gasteiger partial charge is 0.263 e. The van der Waals surface area contributed by atoms with Gasteiger partial charge in [-0.1, -0.05) is 11.6 Å². The van der Waals surface area contributed by atoms with Gasteiger partial charge in [-0.05, 0) is 35.9 Å². The van der Waals surface area contributed by atoms with Crippen molar-refractivity contribution in [1.82, 2.24) is 9.97 Å². The first kappa shape index (κ1) is 14.8. The standard InChI is InChI=1S/C11H9Cl2N3O3S/c1-19-9-3-2-7(6-8(9)12)20(17,18)16-10-4-5-14-11(13)15-10/h2-6H,1H3,(H,14,15,16). The summed E-state index contributed by atoms with van der Waals surface area (Å²) in [6.07, 6.45) is 1.34. The van der Waals surface area contributed by atoms with E-state index in [2.05, 4.69) is 14.7 Å². The molecule has 1 heterocycles. The van der Waals surface area contributed by atoms with Crippen molar-refractivity contribution in [3.8, 4) is 5.75 Å². The molecule has 0 spiro atoms. The largest absolute Gasteiger partial charge is 0.495 e. The van der Waals surface area contributed by atoms with E-state index in [0.29, 0.717) is 5.75 Å². The number of hydrogen-bond acceptors (Lipinski definition) is 5. The van der Waals surface area contributed by atoms with Crippen molar-refractivity contribution in [2.75, 3.05) is 11.8 Å². The Morgan fingerprint density at radius 3 is 2.60 bits per heavy atom. The van der Waals surface area contributed by atoms with Crippen molar-refractivity contribution in [2.45, 2.75) is 4.90 Å². The Morgan fingerprint density at radius 1 is 1.25 bits per heavy atom. The number of nitrogens with zero attached hydrogens (tertiary/aromatic N) is 2. The maximum absolute atomic E-state index is 12.2. The van der Waals surface area contributed by atoms with Gasteiger partial charge < -0.3 is 4.74 Å². The van der Waals surface area contributed by atoms with Gasteiger partial charge in [0.2, 0.25) is 5.28 Å². The molecule has 0 saturated heterocycles. The summed E-state index contributed by atoms with van der Waals surface area (Å²) in [5, 5.41) is 0.133. The predicted molar refractivity (Wildman–Crippen MR) is 75.9 cm³/mol. The van der Waals surface area contributed by atoms with Gasteiger partial charge in [0.1, 0.15) is 11.6 Å². The quantitative estimate of drug-likeness (QED) is 0.869. The minimum atomic E-state index is -3.82. The molecule has 2 aromatic rings. The monoisotopic (exact) mass is 333 g/mol. The third kappa shape index (κ3) is 3.30. The summed E-state index contributed by atoms with van der Waals surface area (Å²) < 4.78 is 31.5. The zero-order valence-electron chi connectivity index (χ0n) is 10.2. The Bertz CT molecular complexity index is 737. The summed E-state index contributed by atoms with van der Waals surface area (Å²) in [5.74, 6) is 0.452. The highest BCUT2D eigenvalue weighted by atomic mass is 35.5. The average molecular weight is 334 g/mol. The Kier molecular flexibility index (Phi) is 4.32. The van der Waals surface area contributed by atoms with Gasteiger partial charge in [0.25, 0.3) is 10.0 Å². The molecule has 0 radical (unpaired) electrons. The van der Waals surface area contributed by atoms with Gasteiger partial charge in [0.05, 0.1) is 17.0 Å². The Balaban J connectivity index is 2.33. The van der Waals surface area contributed by atoms with Gasteiger partial charge in [0.15, 0.2) is 0 Å². The van der Waals surface area contributed by atoms with Gasteiger partial charge in [0, 0.05) is 6.20 Å². The number of halogens is 2. The maximum atomic E-state index is 12.2. The summed E-state index contributed by atoms with van der Waals surface area (Å²) in [4.78, 5) is 7.39. The topological polar surface area (TPSA) is 81.2 Å². The first-order valence-electron chi connectivity index (χ1n) is 5.27. The Morgan fingerprint density at radius 2 is 2.00 bits per heavy atom. The normalized spacial score (nSPS) is 11.2. The molecule has 20 heavy (non-hydrogen) atoms. The molecule has 2 rings (SSSR count). The third-order valence-corrected chi connectivity index (χ3v) is 4.13. The number of benzene rings is 1. The second kappa shape index (κ2) is 5.82. The molecule has 0 saturated carbocycles. The molecule has 1 N–H and O–H groups in total. The predicted octanol–water partition coefficient (Wildman–Crippen LogP) is 2.59. The van der Waals surface area contributed by atoms with Gasteiger partial charge in [-0.15, -0.1) is 0 Å². The lowest BCUT2D eigenvalue weighted by Gasteiger charge is -2.09. The molecule has 0 bridgehead atoms. The molecule has 0 fully saturated rings. The molecule has 106 valence electrons. The molecular weight excluding hydrogens is 325 g/mol. The fraction of sp³-hybridized carbons (Fsp3) is 0.0909. The Hall–Kier alpha value is -1.57. The van der Waals surface area contributed by atoms with E-state index >= 15 is 0 Å². The third-order valence-electron chi connectivity index (χ3n) is 2.30. The van der Waals surface area contributed by atoms with Crippen LogP contribution in [0.25, 0.3) is 0 Å². The molecule has 1 aromatic carbocycles. The summed E-state index contributed by atoms with van der Waals surface area (Å²) in [7, 11) is -2.38. The molecular formula is C11H9Cl2N3O3S.